The second kappa shape index (κ2) is 8.66. The van der Waals surface area contributed by atoms with Crippen molar-refractivity contribution in [1.29, 1.82) is 0 Å². The summed E-state index contributed by atoms with van der Waals surface area (Å²) in [4.78, 5) is 23.7. The molecule has 0 heterocycles. The van der Waals surface area contributed by atoms with E-state index in [1.165, 1.54) is 14.0 Å². The molecule has 0 aliphatic rings. The Balaban J connectivity index is 2.33. The van der Waals surface area contributed by atoms with Crippen molar-refractivity contribution >= 4 is 17.5 Å². The van der Waals surface area contributed by atoms with Gasteiger partial charge in [-0.15, -0.1) is 0 Å². The lowest BCUT2D eigenvalue weighted by Crippen LogP contribution is -2.49. The fourth-order valence-corrected chi connectivity index (χ4v) is 2.80. The highest BCUT2D eigenvalue weighted by Crippen LogP contribution is 2.27. The molecule has 0 spiro atoms. The van der Waals surface area contributed by atoms with Crippen LogP contribution in [0.1, 0.15) is 40.9 Å². The molecule has 2 amide bonds. The highest BCUT2D eigenvalue weighted by molar-refractivity contribution is 5.94. The molecule has 0 unspecified atom stereocenters. The van der Waals surface area contributed by atoms with Gasteiger partial charge < -0.3 is 4.74 Å². The van der Waals surface area contributed by atoms with Gasteiger partial charge in [-0.1, -0.05) is 19.1 Å². The van der Waals surface area contributed by atoms with Crippen molar-refractivity contribution in [3.8, 4) is 5.75 Å². The minimum atomic E-state index is -0.536. The topological polar surface area (TPSA) is 102 Å². The van der Waals surface area contributed by atoms with Gasteiger partial charge >= 0.3 is 6.03 Å². The summed E-state index contributed by atoms with van der Waals surface area (Å²) in [6.07, 6.45) is 0.759. The summed E-state index contributed by atoms with van der Waals surface area (Å²) in [5.41, 5.74) is 3.87. The standard InChI is InChI=1S/C20H26N4O3/c1-5-15-7-6-8-18(24(22)20(26)23(4)21)17(15)12-27-19-10-9-16(14(3)25)11-13(19)2/h6-11H,5,12,21-22H2,1-4H3. The first kappa shape index (κ1) is 20.4. The van der Waals surface area contributed by atoms with Gasteiger partial charge in [0.25, 0.3) is 0 Å². The average molecular weight is 370 g/mol. The van der Waals surface area contributed by atoms with Crippen LogP contribution in [0.25, 0.3) is 0 Å². The highest BCUT2D eigenvalue weighted by atomic mass is 16.5. The Labute approximate surface area is 159 Å². The maximum Gasteiger partial charge on any atom is 0.352 e. The lowest BCUT2D eigenvalue weighted by molar-refractivity contribution is 0.101. The van der Waals surface area contributed by atoms with E-state index >= 15 is 0 Å². The van der Waals surface area contributed by atoms with Crippen molar-refractivity contribution < 1.29 is 14.3 Å². The van der Waals surface area contributed by atoms with Crippen molar-refractivity contribution in [3.05, 3.63) is 58.7 Å². The zero-order chi connectivity index (χ0) is 20.1. The van der Waals surface area contributed by atoms with E-state index in [1.807, 2.05) is 26.0 Å². The van der Waals surface area contributed by atoms with Crippen molar-refractivity contribution in [2.24, 2.45) is 11.7 Å². The fourth-order valence-electron chi connectivity index (χ4n) is 2.80. The largest absolute Gasteiger partial charge is 0.489 e. The summed E-state index contributed by atoms with van der Waals surface area (Å²) in [6, 6.07) is 10.3. The lowest BCUT2D eigenvalue weighted by atomic mass is 10.0. The van der Waals surface area contributed by atoms with Crippen LogP contribution in [0.5, 0.6) is 5.75 Å². The molecule has 2 aromatic rings. The van der Waals surface area contributed by atoms with E-state index in [1.54, 1.807) is 24.3 Å². The summed E-state index contributed by atoms with van der Waals surface area (Å²) in [5.74, 6) is 12.2. The van der Waals surface area contributed by atoms with Crippen molar-refractivity contribution in [2.75, 3.05) is 12.1 Å². The SMILES string of the molecule is CCc1cccc(N(N)C(=O)N(C)N)c1COc1ccc(C(C)=O)cc1C. The number of hydrogen-bond acceptors (Lipinski definition) is 5. The Morgan fingerprint density at radius 3 is 2.41 bits per heavy atom. The first-order valence-corrected chi connectivity index (χ1v) is 8.68. The normalized spacial score (nSPS) is 10.4. The van der Waals surface area contributed by atoms with Crippen LogP contribution in [0.3, 0.4) is 0 Å². The van der Waals surface area contributed by atoms with Crippen molar-refractivity contribution in [3.63, 3.8) is 0 Å². The van der Waals surface area contributed by atoms with E-state index in [2.05, 4.69) is 0 Å². The van der Waals surface area contributed by atoms with E-state index in [-0.39, 0.29) is 12.4 Å². The van der Waals surface area contributed by atoms with Crippen LogP contribution in [-0.2, 0) is 13.0 Å². The number of aryl methyl sites for hydroxylation is 2. The number of amides is 2. The molecule has 0 bridgehead atoms. The zero-order valence-electron chi connectivity index (χ0n) is 16.2. The molecule has 2 aromatic carbocycles. The number of carbonyl (C=O) groups is 2. The summed E-state index contributed by atoms with van der Waals surface area (Å²) in [7, 11) is 1.43. The molecular formula is C20H26N4O3. The van der Waals surface area contributed by atoms with Crippen molar-refractivity contribution in [1.82, 2.24) is 5.01 Å². The van der Waals surface area contributed by atoms with Crippen LogP contribution >= 0.6 is 0 Å². The van der Waals surface area contributed by atoms with Crippen LogP contribution in [0.2, 0.25) is 0 Å². The number of urea groups is 1. The number of ketones is 1. The third kappa shape index (κ3) is 4.64. The quantitative estimate of drug-likeness (QED) is 0.352. The van der Waals surface area contributed by atoms with E-state index < -0.39 is 6.03 Å². The molecular weight excluding hydrogens is 344 g/mol. The van der Waals surface area contributed by atoms with Gasteiger partial charge in [0.1, 0.15) is 12.4 Å². The molecule has 0 radical (unpaired) electrons. The molecule has 144 valence electrons. The number of carbonyl (C=O) groups excluding carboxylic acids is 2. The predicted octanol–water partition coefficient (Wildman–Crippen LogP) is 2.94. The number of Topliss-reactive ketones (excluding diaryl/α,β-unsaturated/α-hetero) is 1. The van der Waals surface area contributed by atoms with Gasteiger partial charge in [-0.05, 0) is 55.7 Å². The molecule has 2 rings (SSSR count). The molecule has 7 heteroatoms. The fraction of sp³-hybridized carbons (Fsp3) is 0.300. The molecule has 0 saturated heterocycles. The van der Waals surface area contributed by atoms with E-state index in [0.717, 1.165) is 33.1 Å². The molecule has 7 nitrogen and oxygen atoms in total. The number of anilines is 1. The first-order chi connectivity index (χ1) is 12.8. The molecule has 0 saturated carbocycles. The monoisotopic (exact) mass is 370 g/mol. The summed E-state index contributed by atoms with van der Waals surface area (Å²) < 4.78 is 5.98. The number of rotatable bonds is 6. The number of hydrazine groups is 2. The van der Waals surface area contributed by atoms with E-state index in [0.29, 0.717) is 17.0 Å². The Morgan fingerprint density at radius 1 is 1.15 bits per heavy atom. The third-order valence-corrected chi connectivity index (χ3v) is 4.35. The molecule has 27 heavy (non-hydrogen) atoms. The van der Waals surface area contributed by atoms with Crippen LogP contribution in [0.15, 0.2) is 36.4 Å². The lowest BCUT2D eigenvalue weighted by Gasteiger charge is -2.24. The second-order valence-corrected chi connectivity index (χ2v) is 6.36. The van der Waals surface area contributed by atoms with Gasteiger partial charge in [-0.25, -0.2) is 21.5 Å². The Morgan fingerprint density at radius 2 is 1.85 bits per heavy atom. The molecule has 0 atom stereocenters. The first-order valence-electron chi connectivity index (χ1n) is 8.68. The molecule has 0 fully saturated rings. The average Bonchev–Trinajstić information content (AvgIpc) is 2.65. The van der Waals surface area contributed by atoms with Crippen LogP contribution < -0.4 is 21.4 Å². The predicted molar refractivity (Wildman–Crippen MR) is 105 cm³/mol. The minimum Gasteiger partial charge on any atom is -0.489 e. The molecule has 0 aromatic heterocycles. The number of benzene rings is 2. The van der Waals surface area contributed by atoms with Crippen LogP contribution in [0, 0.1) is 6.92 Å². The number of nitrogens with zero attached hydrogens (tertiary/aromatic N) is 2. The van der Waals surface area contributed by atoms with Crippen LogP contribution in [0.4, 0.5) is 10.5 Å². The van der Waals surface area contributed by atoms with Crippen LogP contribution in [-0.4, -0.2) is 23.9 Å². The van der Waals surface area contributed by atoms with Gasteiger partial charge in [-0.2, -0.15) is 0 Å². The second-order valence-electron chi connectivity index (χ2n) is 6.36. The van der Waals surface area contributed by atoms with Gasteiger partial charge in [-0.3, -0.25) is 9.80 Å². The number of nitrogens with two attached hydrogens (primary N) is 2. The van der Waals surface area contributed by atoms with Gasteiger partial charge in [0.05, 0.1) is 5.69 Å². The van der Waals surface area contributed by atoms with Crippen molar-refractivity contribution in [2.45, 2.75) is 33.8 Å². The number of hydrogen-bond donors (Lipinski definition) is 2. The van der Waals surface area contributed by atoms with Gasteiger partial charge in [0.15, 0.2) is 5.78 Å². The zero-order valence-corrected chi connectivity index (χ0v) is 16.2. The third-order valence-electron chi connectivity index (χ3n) is 4.35. The van der Waals surface area contributed by atoms with E-state index in [4.69, 9.17) is 16.4 Å². The summed E-state index contributed by atoms with van der Waals surface area (Å²) in [5, 5.41) is 1.94. The molecule has 4 N–H and O–H groups in total. The van der Waals surface area contributed by atoms with Gasteiger partial charge in [0, 0.05) is 18.2 Å². The highest BCUT2D eigenvalue weighted by Gasteiger charge is 2.19. The minimum absolute atomic E-state index is 0.00598. The Hall–Kier alpha value is -2.90. The molecule has 0 aliphatic heterocycles. The number of ether oxygens (including phenoxy) is 1. The van der Waals surface area contributed by atoms with E-state index in [9.17, 15) is 9.59 Å². The summed E-state index contributed by atoms with van der Waals surface area (Å²) >= 11 is 0. The maximum absolute atomic E-state index is 12.2. The Bertz CT molecular complexity index is 849. The maximum atomic E-state index is 12.2. The Kier molecular flexibility index (Phi) is 6.55. The summed E-state index contributed by atoms with van der Waals surface area (Å²) in [6.45, 7) is 5.67. The molecule has 0 aliphatic carbocycles. The van der Waals surface area contributed by atoms with Gasteiger partial charge in [0.2, 0.25) is 0 Å². The smallest absolute Gasteiger partial charge is 0.352 e.